The molecule has 0 heterocycles. The number of hydrogen-bond donors (Lipinski definition) is 2. The minimum atomic E-state index is -0.0177. The van der Waals surface area contributed by atoms with Crippen LogP contribution >= 0.6 is 0 Å². The van der Waals surface area contributed by atoms with E-state index in [-0.39, 0.29) is 11.9 Å². The summed E-state index contributed by atoms with van der Waals surface area (Å²) in [7, 11) is 0. The molecule has 3 heteroatoms. The lowest BCUT2D eigenvalue weighted by Crippen LogP contribution is -2.50. The Kier molecular flexibility index (Phi) is 3.62. The van der Waals surface area contributed by atoms with Gasteiger partial charge in [0.25, 0.3) is 0 Å². The van der Waals surface area contributed by atoms with Crippen LogP contribution in [0.2, 0.25) is 0 Å². The van der Waals surface area contributed by atoms with E-state index in [1.54, 1.807) is 0 Å². The molecule has 1 atom stereocenters. The fourth-order valence-electron chi connectivity index (χ4n) is 2.40. The molecule has 0 aliphatic heterocycles. The standard InChI is InChI=1S/C12H22N2O/c1-9(13-10-7-4-8-10)12(15)14-11-5-2-3-6-11/h9-11,13H,2-8H2,1H3,(H,14,15). The highest BCUT2D eigenvalue weighted by Gasteiger charge is 2.24. The van der Waals surface area contributed by atoms with Crippen molar-refractivity contribution in [1.82, 2.24) is 10.6 Å². The Bertz CT molecular complexity index is 220. The fraction of sp³-hybridized carbons (Fsp3) is 0.917. The summed E-state index contributed by atoms with van der Waals surface area (Å²) in [5.41, 5.74) is 0. The minimum absolute atomic E-state index is 0.0177. The molecular weight excluding hydrogens is 188 g/mol. The molecule has 0 saturated heterocycles. The Morgan fingerprint density at radius 2 is 1.67 bits per heavy atom. The Balaban J connectivity index is 1.68. The maximum atomic E-state index is 11.8. The molecule has 0 bridgehead atoms. The van der Waals surface area contributed by atoms with E-state index in [0.29, 0.717) is 12.1 Å². The van der Waals surface area contributed by atoms with E-state index in [9.17, 15) is 4.79 Å². The molecule has 2 fully saturated rings. The van der Waals surface area contributed by atoms with Crippen molar-refractivity contribution >= 4 is 5.91 Å². The van der Waals surface area contributed by atoms with Crippen molar-refractivity contribution in [3.05, 3.63) is 0 Å². The summed E-state index contributed by atoms with van der Waals surface area (Å²) in [5.74, 6) is 0.189. The van der Waals surface area contributed by atoms with Crippen molar-refractivity contribution in [1.29, 1.82) is 0 Å². The number of amides is 1. The van der Waals surface area contributed by atoms with Gasteiger partial charge in [0.1, 0.15) is 0 Å². The van der Waals surface area contributed by atoms with Gasteiger partial charge >= 0.3 is 0 Å². The molecule has 86 valence electrons. The van der Waals surface area contributed by atoms with E-state index < -0.39 is 0 Å². The molecular formula is C12H22N2O. The van der Waals surface area contributed by atoms with Gasteiger partial charge in [0, 0.05) is 12.1 Å². The summed E-state index contributed by atoms with van der Waals surface area (Å²) in [6.07, 6.45) is 8.67. The first-order chi connectivity index (χ1) is 7.25. The lowest BCUT2D eigenvalue weighted by Gasteiger charge is -2.30. The van der Waals surface area contributed by atoms with Crippen LogP contribution in [0.25, 0.3) is 0 Å². The molecule has 2 aliphatic rings. The third kappa shape index (κ3) is 2.94. The van der Waals surface area contributed by atoms with Crippen LogP contribution in [0.15, 0.2) is 0 Å². The van der Waals surface area contributed by atoms with Crippen molar-refractivity contribution in [3.63, 3.8) is 0 Å². The van der Waals surface area contributed by atoms with Crippen LogP contribution in [0, 0.1) is 0 Å². The van der Waals surface area contributed by atoms with E-state index in [1.165, 1.54) is 44.9 Å². The van der Waals surface area contributed by atoms with Gasteiger partial charge < -0.3 is 10.6 Å². The summed E-state index contributed by atoms with van der Waals surface area (Å²) >= 11 is 0. The van der Waals surface area contributed by atoms with E-state index in [1.807, 2.05) is 6.92 Å². The number of hydrogen-bond acceptors (Lipinski definition) is 2. The smallest absolute Gasteiger partial charge is 0.237 e. The van der Waals surface area contributed by atoms with Gasteiger partial charge in [-0.05, 0) is 32.6 Å². The first-order valence-corrected chi connectivity index (χ1v) is 6.32. The molecule has 3 nitrogen and oxygen atoms in total. The fourth-order valence-corrected chi connectivity index (χ4v) is 2.40. The van der Waals surface area contributed by atoms with Crippen LogP contribution in [-0.2, 0) is 4.79 Å². The van der Waals surface area contributed by atoms with E-state index in [0.717, 1.165) is 0 Å². The normalized spacial score (nSPS) is 24.9. The Hall–Kier alpha value is -0.570. The zero-order valence-electron chi connectivity index (χ0n) is 9.59. The van der Waals surface area contributed by atoms with E-state index in [4.69, 9.17) is 0 Å². The second kappa shape index (κ2) is 4.97. The van der Waals surface area contributed by atoms with Crippen molar-refractivity contribution in [3.8, 4) is 0 Å². The SMILES string of the molecule is CC(NC1CCC1)C(=O)NC1CCCC1. The second-order valence-electron chi connectivity index (χ2n) is 5.01. The molecule has 1 unspecified atom stereocenters. The average Bonchev–Trinajstić information content (AvgIpc) is 2.63. The third-order valence-corrected chi connectivity index (χ3v) is 3.69. The molecule has 2 N–H and O–H groups in total. The van der Waals surface area contributed by atoms with Gasteiger partial charge in [-0.1, -0.05) is 19.3 Å². The van der Waals surface area contributed by atoms with Gasteiger partial charge in [-0.3, -0.25) is 4.79 Å². The van der Waals surface area contributed by atoms with Crippen molar-refractivity contribution in [2.75, 3.05) is 0 Å². The number of rotatable bonds is 4. The molecule has 0 aromatic heterocycles. The molecule has 0 aromatic rings. The molecule has 2 saturated carbocycles. The summed E-state index contributed by atoms with van der Waals surface area (Å²) in [6, 6.07) is 1.02. The van der Waals surface area contributed by atoms with Crippen molar-refractivity contribution in [2.24, 2.45) is 0 Å². The monoisotopic (exact) mass is 210 g/mol. The van der Waals surface area contributed by atoms with Crippen LogP contribution in [0.3, 0.4) is 0 Å². The summed E-state index contributed by atoms with van der Waals surface area (Å²) in [5, 5.41) is 6.51. The van der Waals surface area contributed by atoms with Gasteiger partial charge in [0.05, 0.1) is 6.04 Å². The summed E-state index contributed by atoms with van der Waals surface area (Å²) < 4.78 is 0. The molecule has 15 heavy (non-hydrogen) atoms. The topological polar surface area (TPSA) is 41.1 Å². The lowest BCUT2D eigenvalue weighted by atomic mass is 9.92. The zero-order valence-corrected chi connectivity index (χ0v) is 9.59. The zero-order chi connectivity index (χ0) is 10.7. The number of carbonyl (C=O) groups is 1. The predicted molar refractivity (Wildman–Crippen MR) is 60.6 cm³/mol. The Morgan fingerprint density at radius 1 is 1.07 bits per heavy atom. The summed E-state index contributed by atoms with van der Waals surface area (Å²) in [6.45, 7) is 1.97. The first kappa shape index (κ1) is 10.9. The highest BCUT2D eigenvalue weighted by atomic mass is 16.2. The highest BCUT2D eigenvalue weighted by Crippen LogP contribution is 2.19. The van der Waals surface area contributed by atoms with Gasteiger partial charge in [-0.15, -0.1) is 0 Å². The predicted octanol–water partition coefficient (Wildman–Crippen LogP) is 1.58. The molecule has 0 radical (unpaired) electrons. The maximum Gasteiger partial charge on any atom is 0.237 e. The Labute approximate surface area is 92.0 Å². The summed E-state index contributed by atoms with van der Waals surface area (Å²) in [4.78, 5) is 11.8. The van der Waals surface area contributed by atoms with Gasteiger partial charge in [-0.25, -0.2) is 0 Å². The second-order valence-corrected chi connectivity index (χ2v) is 5.01. The van der Waals surface area contributed by atoms with Crippen molar-refractivity contribution < 1.29 is 4.79 Å². The third-order valence-electron chi connectivity index (χ3n) is 3.69. The maximum absolute atomic E-state index is 11.8. The van der Waals surface area contributed by atoms with E-state index >= 15 is 0 Å². The highest BCUT2D eigenvalue weighted by molar-refractivity contribution is 5.81. The van der Waals surface area contributed by atoms with Gasteiger partial charge in [0.15, 0.2) is 0 Å². The molecule has 0 aromatic carbocycles. The molecule has 2 rings (SSSR count). The van der Waals surface area contributed by atoms with Gasteiger partial charge in [0.2, 0.25) is 5.91 Å². The van der Waals surface area contributed by atoms with Crippen LogP contribution in [-0.4, -0.2) is 24.0 Å². The lowest BCUT2D eigenvalue weighted by molar-refractivity contribution is -0.123. The molecule has 0 spiro atoms. The van der Waals surface area contributed by atoms with Crippen LogP contribution in [0.4, 0.5) is 0 Å². The number of nitrogens with one attached hydrogen (secondary N) is 2. The minimum Gasteiger partial charge on any atom is -0.352 e. The quantitative estimate of drug-likeness (QED) is 0.739. The van der Waals surface area contributed by atoms with E-state index in [2.05, 4.69) is 10.6 Å². The Morgan fingerprint density at radius 3 is 2.20 bits per heavy atom. The van der Waals surface area contributed by atoms with Gasteiger partial charge in [-0.2, -0.15) is 0 Å². The van der Waals surface area contributed by atoms with Crippen LogP contribution < -0.4 is 10.6 Å². The van der Waals surface area contributed by atoms with Crippen LogP contribution in [0.5, 0.6) is 0 Å². The molecule has 1 amide bonds. The average molecular weight is 210 g/mol. The number of carbonyl (C=O) groups excluding carboxylic acids is 1. The molecule has 2 aliphatic carbocycles. The van der Waals surface area contributed by atoms with Crippen LogP contribution in [0.1, 0.15) is 51.9 Å². The first-order valence-electron chi connectivity index (χ1n) is 6.32. The largest absolute Gasteiger partial charge is 0.352 e. The van der Waals surface area contributed by atoms with Crippen molar-refractivity contribution in [2.45, 2.75) is 70.0 Å².